The van der Waals surface area contributed by atoms with Crippen LogP contribution in [0.1, 0.15) is 27.7 Å². The van der Waals surface area contributed by atoms with Gasteiger partial charge in [-0.3, -0.25) is 10.1 Å². The molecule has 0 saturated carbocycles. The summed E-state index contributed by atoms with van der Waals surface area (Å²) in [6.07, 6.45) is -4.36. The molecule has 0 amide bonds. The molecule has 0 aliphatic carbocycles. The van der Waals surface area contributed by atoms with E-state index in [1.807, 2.05) is 0 Å². The van der Waals surface area contributed by atoms with Crippen molar-refractivity contribution in [3.63, 3.8) is 0 Å². The summed E-state index contributed by atoms with van der Waals surface area (Å²) in [4.78, 5) is 34.9. The lowest BCUT2D eigenvalue weighted by Gasteiger charge is -2.20. The van der Waals surface area contributed by atoms with Crippen LogP contribution in [0.5, 0.6) is 0 Å². The van der Waals surface area contributed by atoms with E-state index in [1.165, 1.54) is 7.11 Å². The Labute approximate surface area is 155 Å². The lowest BCUT2D eigenvalue weighted by Crippen LogP contribution is -2.34. The minimum Gasteiger partial charge on any atom is -0.480 e. The van der Waals surface area contributed by atoms with Crippen LogP contribution < -0.4 is 5.32 Å². The van der Waals surface area contributed by atoms with E-state index in [2.05, 4.69) is 10.3 Å². The highest BCUT2D eigenvalue weighted by molar-refractivity contribution is 5.96. The Balaban J connectivity index is 0.000000425. The SMILES string of the molecule is COC(=O)c1ccc2[nH]c3c(c2c1)CCNC3C(=O)O.O.O=C(O)C(F)(F)F. The minimum atomic E-state index is -5.08. The molecule has 0 radical (unpaired) electrons. The Kier molecular flexibility index (Phi) is 7.13. The zero-order valence-electron chi connectivity index (χ0n) is 14.4. The average Bonchev–Trinajstić information content (AvgIpc) is 2.98. The molecule has 9 nitrogen and oxygen atoms in total. The van der Waals surface area contributed by atoms with E-state index >= 15 is 0 Å². The fourth-order valence-electron chi connectivity index (χ4n) is 2.68. The lowest BCUT2D eigenvalue weighted by molar-refractivity contribution is -0.192. The number of aromatic amines is 1. The van der Waals surface area contributed by atoms with Gasteiger partial charge in [-0.2, -0.15) is 13.2 Å². The number of alkyl halides is 3. The number of aliphatic carboxylic acids is 2. The third-order valence-corrected chi connectivity index (χ3v) is 3.86. The summed E-state index contributed by atoms with van der Waals surface area (Å²) in [7, 11) is 1.34. The Morgan fingerprint density at radius 2 is 1.82 bits per heavy atom. The molecule has 1 aliphatic rings. The number of carbonyl (C=O) groups is 3. The highest BCUT2D eigenvalue weighted by Gasteiger charge is 2.38. The van der Waals surface area contributed by atoms with Crippen LogP contribution in [0.25, 0.3) is 10.9 Å². The average molecular weight is 406 g/mol. The molecule has 1 aromatic carbocycles. The molecule has 28 heavy (non-hydrogen) atoms. The zero-order chi connectivity index (χ0) is 20.4. The molecule has 0 fully saturated rings. The van der Waals surface area contributed by atoms with Crippen LogP contribution in [0.2, 0.25) is 0 Å². The number of aromatic nitrogens is 1. The third-order valence-electron chi connectivity index (χ3n) is 3.86. The van der Waals surface area contributed by atoms with Crippen molar-refractivity contribution in [3.8, 4) is 0 Å². The number of esters is 1. The molecule has 0 spiro atoms. The maximum absolute atomic E-state index is 11.6. The third kappa shape index (κ3) is 4.78. The zero-order valence-corrected chi connectivity index (χ0v) is 14.4. The lowest BCUT2D eigenvalue weighted by atomic mass is 9.98. The van der Waals surface area contributed by atoms with E-state index in [0.717, 1.165) is 22.9 Å². The van der Waals surface area contributed by atoms with Crippen molar-refractivity contribution < 1.29 is 48.0 Å². The first-order chi connectivity index (χ1) is 12.6. The number of H-pyrrole nitrogens is 1. The molecule has 0 bridgehead atoms. The largest absolute Gasteiger partial charge is 0.490 e. The van der Waals surface area contributed by atoms with Crippen molar-refractivity contribution >= 4 is 28.8 Å². The Hall–Kier alpha value is -3.12. The number of benzene rings is 1. The van der Waals surface area contributed by atoms with Crippen LogP contribution in [-0.4, -0.2) is 58.4 Å². The van der Waals surface area contributed by atoms with Gasteiger partial charge in [0.15, 0.2) is 0 Å². The molecule has 154 valence electrons. The number of halogens is 3. The van der Waals surface area contributed by atoms with Crippen LogP contribution in [-0.2, 0) is 20.7 Å². The molecule has 1 aliphatic heterocycles. The number of hydrogen-bond acceptors (Lipinski definition) is 5. The molecule has 1 aromatic heterocycles. The number of nitrogens with one attached hydrogen (secondary N) is 2. The number of ether oxygens (including phenoxy) is 1. The van der Waals surface area contributed by atoms with Crippen molar-refractivity contribution in [3.05, 3.63) is 35.0 Å². The van der Waals surface area contributed by atoms with Gasteiger partial charge in [-0.1, -0.05) is 0 Å². The fourth-order valence-corrected chi connectivity index (χ4v) is 2.68. The molecule has 3 rings (SSSR count). The maximum atomic E-state index is 11.6. The smallest absolute Gasteiger partial charge is 0.480 e. The number of carbonyl (C=O) groups excluding carboxylic acids is 1. The van der Waals surface area contributed by atoms with E-state index in [-0.39, 0.29) is 5.48 Å². The van der Waals surface area contributed by atoms with Gasteiger partial charge >= 0.3 is 24.1 Å². The molecule has 1 atom stereocenters. The monoisotopic (exact) mass is 406 g/mol. The standard InChI is InChI=1S/C14H14N2O4.C2HF3O2.H2O/c1-20-14(19)7-2-3-10-9(6-7)8-4-5-15-12(13(17)18)11(8)16-10;3-2(4,5)1(6)7;/h2-3,6,12,15-16H,4-5H2,1H3,(H,17,18);(H,6,7);1H2. The number of carboxylic acids is 2. The van der Waals surface area contributed by atoms with E-state index in [1.54, 1.807) is 18.2 Å². The van der Waals surface area contributed by atoms with Gasteiger partial charge < -0.3 is 25.4 Å². The molecule has 0 saturated heterocycles. The molecule has 6 N–H and O–H groups in total. The van der Waals surface area contributed by atoms with E-state index < -0.39 is 30.1 Å². The summed E-state index contributed by atoms with van der Waals surface area (Å²) in [6, 6.07) is 4.46. The van der Waals surface area contributed by atoms with Crippen molar-refractivity contribution in [1.29, 1.82) is 0 Å². The predicted molar refractivity (Wildman–Crippen MR) is 89.0 cm³/mol. The Morgan fingerprint density at radius 3 is 2.32 bits per heavy atom. The molecular formula is C16H17F3N2O7. The van der Waals surface area contributed by atoms with Crippen LogP contribution in [0.15, 0.2) is 18.2 Å². The van der Waals surface area contributed by atoms with Crippen molar-refractivity contribution in [2.75, 3.05) is 13.7 Å². The first kappa shape index (κ1) is 22.9. The fraction of sp³-hybridized carbons (Fsp3) is 0.312. The van der Waals surface area contributed by atoms with Gasteiger partial charge in [-0.05, 0) is 30.2 Å². The minimum absolute atomic E-state index is 0. The normalized spacial score (nSPS) is 15.5. The first-order valence-corrected chi connectivity index (χ1v) is 7.55. The number of rotatable bonds is 2. The summed E-state index contributed by atoms with van der Waals surface area (Å²) in [5.41, 5.74) is 2.92. The van der Waals surface area contributed by atoms with Gasteiger partial charge in [0.2, 0.25) is 0 Å². The van der Waals surface area contributed by atoms with Gasteiger partial charge in [-0.25, -0.2) is 9.59 Å². The summed E-state index contributed by atoms with van der Waals surface area (Å²) in [5, 5.41) is 20.2. The van der Waals surface area contributed by atoms with Crippen molar-refractivity contribution in [1.82, 2.24) is 10.3 Å². The van der Waals surface area contributed by atoms with Gasteiger partial charge in [-0.15, -0.1) is 0 Å². The second kappa shape index (κ2) is 8.71. The summed E-state index contributed by atoms with van der Waals surface area (Å²) < 4.78 is 36.4. The molecule has 1 unspecified atom stereocenters. The number of carboxylic acid groups (broad SMARTS) is 2. The number of fused-ring (bicyclic) bond motifs is 3. The number of hydrogen-bond donors (Lipinski definition) is 4. The summed E-state index contributed by atoms with van der Waals surface area (Å²) in [6.45, 7) is 0.597. The van der Waals surface area contributed by atoms with Crippen LogP contribution in [0, 0.1) is 0 Å². The Morgan fingerprint density at radius 1 is 1.21 bits per heavy atom. The topological polar surface area (TPSA) is 160 Å². The van der Waals surface area contributed by atoms with Crippen LogP contribution in [0.3, 0.4) is 0 Å². The molecule has 2 heterocycles. The quantitative estimate of drug-likeness (QED) is 0.542. The van der Waals surface area contributed by atoms with Crippen molar-refractivity contribution in [2.45, 2.75) is 18.6 Å². The number of methoxy groups -OCH3 is 1. The molecule has 2 aromatic rings. The van der Waals surface area contributed by atoms with Crippen molar-refractivity contribution in [2.24, 2.45) is 0 Å². The van der Waals surface area contributed by atoms with Gasteiger partial charge in [0, 0.05) is 23.1 Å². The molecule has 12 heteroatoms. The summed E-state index contributed by atoms with van der Waals surface area (Å²) >= 11 is 0. The van der Waals surface area contributed by atoms with Gasteiger partial charge in [0.05, 0.1) is 12.7 Å². The maximum Gasteiger partial charge on any atom is 0.490 e. The van der Waals surface area contributed by atoms with Crippen LogP contribution in [0.4, 0.5) is 13.2 Å². The van der Waals surface area contributed by atoms with Gasteiger partial charge in [0.25, 0.3) is 0 Å². The Bertz CT molecular complexity index is 892. The highest BCUT2D eigenvalue weighted by Crippen LogP contribution is 2.30. The first-order valence-electron chi connectivity index (χ1n) is 7.55. The second-order valence-corrected chi connectivity index (χ2v) is 5.55. The van der Waals surface area contributed by atoms with Crippen LogP contribution >= 0.6 is 0 Å². The summed E-state index contributed by atoms with van der Waals surface area (Å²) in [5.74, 6) is -4.07. The predicted octanol–water partition coefficient (Wildman–Crippen LogP) is 1.03. The second-order valence-electron chi connectivity index (χ2n) is 5.55. The van der Waals surface area contributed by atoms with E-state index in [9.17, 15) is 27.9 Å². The highest BCUT2D eigenvalue weighted by atomic mass is 19.4. The van der Waals surface area contributed by atoms with E-state index in [4.69, 9.17) is 14.6 Å². The van der Waals surface area contributed by atoms with Gasteiger partial charge in [0.1, 0.15) is 6.04 Å². The molecular weight excluding hydrogens is 389 g/mol. The van der Waals surface area contributed by atoms with E-state index in [0.29, 0.717) is 17.8 Å².